The Morgan fingerprint density at radius 2 is 1.88 bits per heavy atom. The highest BCUT2D eigenvalue weighted by Gasteiger charge is 2.17. The third-order valence-corrected chi connectivity index (χ3v) is 3.37. The number of rotatable bonds is 6. The van der Waals surface area contributed by atoms with E-state index >= 15 is 0 Å². The number of ether oxygens (including phenoxy) is 2. The number of nitrogens with one attached hydrogen (secondary N) is 2. The molecule has 2 N–H and O–H groups in total. The van der Waals surface area contributed by atoms with Gasteiger partial charge in [0.05, 0.1) is 19.3 Å². The van der Waals surface area contributed by atoms with Gasteiger partial charge in [0.1, 0.15) is 22.9 Å². The second-order valence-corrected chi connectivity index (χ2v) is 6.62. The van der Waals surface area contributed by atoms with E-state index in [1.54, 1.807) is 13.2 Å². The lowest BCUT2D eigenvalue weighted by molar-refractivity contribution is 0.0635. The van der Waals surface area contributed by atoms with E-state index < -0.39 is 11.7 Å². The molecule has 1 aromatic carbocycles. The molecule has 1 aromatic heterocycles. The second kappa shape index (κ2) is 7.96. The highest BCUT2D eigenvalue weighted by Crippen LogP contribution is 2.28. The van der Waals surface area contributed by atoms with Crippen LogP contribution in [0.2, 0.25) is 0 Å². The van der Waals surface area contributed by atoms with E-state index in [1.807, 2.05) is 45.0 Å². The summed E-state index contributed by atoms with van der Waals surface area (Å²) in [4.78, 5) is 11.9. The van der Waals surface area contributed by atoms with Crippen molar-refractivity contribution in [3.05, 3.63) is 41.9 Å². The molecule has 0 aliphatic heterocycles. The largest absolute Gasteiger partial charge is 0.494 e. The van der Waals surface area contributed by atoms with E-state index in [0.717, 1.165) is 23.6 Å². The van der Waals surface area contributed by atoms with Crippen LogP contribution in [0.4, 0.5) is 16.2 Å². The monoisotopic (exact) mass is 346 g/mol. The van der Waals surface area contributed by atoms with Crippen LogP contribution in [0.15, 0.2) is 34.7 Å². The Bertz CT molecular complexity index is 716. The first kappa shape index (κ1) is 18.7. The summed E-state index contributed by atoms with van der Waals surface area (Å²) >= 11 is 0. The van der Waals surface area contributed by atoms with Crippen LogP contribution in [0.3, 0.4) is 0 Å². The Morgan fingerprint density at radius 3 is 2.48 bits per heavy atom. The summed E-state index contributed by atoms with van der Waals surface area (Å²) in [5.74, 6) is 2.38. The number of benzene rings is 1. The van der Waals surface area contributed by atoms with Crippen LogP contribution < -0.4 is 15.4 Å². The normalized spacial score (nSPS) is 11.1. The number of carbonyl (C=O) groups excluding carboxylic acids is 1. The molecule has 0 saturated heterocycles. The summed E-state index contributed by atoms with van der Waals surface area (Å²) in [7, 11) is 1.55. The lowest BCUT2D eigenvalue weighted by atomic mass is 10.2. The van der Waals surface area contributed by atoms with Crippen molar-refractivity contribution in [2.45, 2.75) is 46.3 Å². The van der Waals surface area contributed by atoms with E-state index in [-0.39, 0.29) is 0 Å². The van der Waals surface area contributed by atoms with E-state index in [9.17, 15) is 4.79 Å². The van der Waals surface area contributed by atoms with Crippen molar-refractivity contribution >= 4 is 17.5 Å². The molecule has 136 valence electrons. The van der Waals surface area contributed by atoms with Gasteiger partial charge in [0.25, 0.3) is 0 Å². The highest BCUT2D eigenvalue weighted by molar-refractivity contribution is 5.87. The van der Waals surface area contributed by atoms with Crippen molar-refractivity contribution in [2.75, 3.05) is 17.7 Å². The lowest BCUT2D eigenvalue weighted by Gasteiger charge is -2.20. The Morgan fingerprint density at radius 1 is 1.16 bits per heavy atom. The molecular weight excluding hydrogens is 320 g/mol. The van der Waals surface area contributed by atoms with Crippen LogP contribution in [-0.2, 0) is 17.7 Å². The molecular formula is C19H26N2O4. The fourth-order valence-electron chi connectivity index (χ4n) is 2.21. The van der Waals surface area contributed by atoms with Crippen molar-refractivity contribution < 1.29 is 18.7 Å². The molecule has 0 bridgehead atoms. The number of furan rings is 1. The van der Waals surface area contributed by atoms with Gasteiger partial charge < -0.3 is 19.2 Å². The van der Waals surface area contributed by atoms with E-state index in [1.165, 1.54) is 0 Å². The highest BCUT2D eigenvalue weighted by atomic mass is 16.6. The number of methoxy groups -OCH3 is 1. The molecule has 6 heteroatoms. The summed E-state index contributed by atoms with van der Waals surface area (Å²) in [6.45, 7) is 8.07. The number of anilines is 2. The van der Waals surface area contributed by atoms with Crippen LogP contribution >= 0.6 is 0 Å². The number of aryl methyl sites for hydroxylation is 1. The minimum absolute atomic E-state index is 0.519. The van der Waals surface area contributed by atoms with Gasteiger partial charge in [0.2, 0.25) is 0 Å². The van der Waals surface area contributed by atoms with Crippen molar-refractivity contribution in [3.63, 3.8) is 0 Å². The van der Waals surface area contributed by atoms with Crippen molar-refractivity contribution in [1.82, 2.24) is 0 Å². The van der Waals surface area contributed by atoms with Crippen molar-refractivity contribution in [3.8, 4) is 5.75 Å². The standard InChI is InChI=1S/C19H26N2O4/c1-6-14-8-9-15(24-14)12-20-13-7-10-16(17(11-13)23-5)21-18(22)25-19(2,3)4/h7-11,20H,6,12H2,1-5H3,(H,21,22). The predicted octanol–water partition coefficient (Wildman–Crippen LogP) is 4.81. The van der Waals surface area contributed by atoms with Gasteiger partial charge in [0, 0.05) is 18.2 Å². The molecule has 0 aliphatic rings. The zero-order valence-corrected chi connectivity index (χ0v) is 15.4. The van der Waals surface area contributed by atoms with Gasteiger partial charge in [-0.25, -0.2) is 4.79 Å². The number of hydrogen-bond acceptors (Lipinski definition) is 5. The van der Waals surface area contributed by atoms with Crippen molar-refractivity contribution in [1.29, 1.82) is 0 Å². The molecule has 0 atom stereocenters. The Kier molecular flexibility index (Phi) is 5.96. The van der Waals surface area contributed by atoms with Crippen LogP contribution in [0.1, 0.15) is 39.2 Å². The van der Waals surface area contributed by atoms with E-state index in [0.29, 0.717) is 18.0 Å². The number of carbonyl (C=O) groups is 1. The maximum Gasteiger partial charge on any atom is 0.412 e. The number of amides is 1. The fourth-order valence-corrected chi connectivity index (χ4v) is 2.21. The molecule has 0 fully saturated rings. The molecule has 0 unspecified atom stereocenters. The minimum Gasteiger partial charge on any atom is -0.494 e. The van der Waals surface area contributed by atoms with E-state index in [4.69, 9.17) is 13.9 Å². The summed E-state index contributed by atoms with van der Waals surface area (Å²) < 4.78 is 16.3. The third-order valence-electron chi connectivity index (χ3n) is 3.37. The smallest absolute Gasteiger partial charge is 0.412 e. The van der Waals surface area contributed by atoms with Gasteiger partial charge in [-0.1, -0.05) is 6.92 Å². The third kappa shape index (κ3) is 5.74. The van der Waals surface area contributed by atoms with Gasteiger partial charge in [-0.05, 0) is 45.0 Å². The molecule has 2 rings (SSSR count). The molecule has 1 heterocycles. The average Bonchev–Trinajstić information content (AvgIpc) is 3.00. The second-order valence-electron chi connectivity index (χ2n) is 6.62. The van der Waals surface area contributed by atoms with Gasteiger partial charge >= 0.3 is 6.09 Å². The number of hydrogen-bond donors (Lipinski definition) is 2. The van der Waals surface area contributed by atoms with Crippen LogP contribution in [0.25, 0.3) is 0 Å². The van der Waals surface area contributed by atoms with Gasteiger partial charge in [-0.2, -0.15) is 0 Å². The molecule has 0 radical (unpaired) electrons. The molecule has 25 heavy (non-hydrogen) atoms. The van der Waals surface area contributed by atoms with Gasteiger partial charge in [-0.15, -0.1) is 0 Å². The van der Waals surface area contributed by atoms with Crippen molar-refractivity contribution in [2.24, 2.45) is 0 Å². The molecule has 2 aromatic rings. The minimum atomic E-state index is -0.556. The molecule has 0 spiro atoms. The van der Waals surface area contributed by atoms with E-state index in [2.05, 4.69) is 17.6 Å². The van der Waals surface area contributed by atoms with Crippen LogP contribution in [0, 0.1) is 0 Å². The maximum absolute atomic E-state index is 11.9. The Balaban J connectivity index is 2.01. The molecule has 1 amide bonds. The lowest BCUT2D eigenvalue weighted by Crippen LogP contribution is -2.27. The summed E-state index contributed by atoms with van der Waals surface area (Å²) in [6, 6.07) is 9.38. The molecule has 0 aliphatic carbocycles. The summed E-state index contributed by atoms with van der Waals surface area (Å²) in [5.41, 5.74) is 0.855. The van der Waals surface area contributed by atoms with Crippen LogP contribution in [-0.4, -0.2) is 18.8 Å². The van der Waals surface area contributed by atoms with Gasteiger partial charge in [0.15, 0.2) is 0 Å². The van der Waals surface area contributed by atoms with Gasteiger partial charge in [-0.3, -0.25) is 5.32 Å². The zero-order chi connectivity index (χ0) is 18.4. The first-order chi connectivity index (χ1) is 11.8. The molecule has 6 nitrogen and oxygen atoms in total. The zero-order valence-electron chi connectivity index (χ0n) is 15.4. The molecule has 0 saturated carbocycles. The summed E-state index contributed by atoms with van der Waals surface area (Å²) in [6.07, 6.45) is 0.355. The topological polar surface area (TPSA) is 72.7 Å². The quantitative estimate of drug-likeness (QED) is 0.785. The Hall–Kier alpha value is -2.63. The average molecular weight is 346 g/mol. The Labute approximate surface area is 148 Å². The van der Waals surface area contributed by atoms with Crippen LogP contribution in [0.5, 0.6) is 5.75 Å². The SMILES string of the molecule is CCc1ccc(CNc2ccc(NC(=O)OC(C)(C)C)c(OC)c2)o1. The first-order valence-electron chi connectivity index (χ1n) is 8.30. The maximum atomic E-state index is 11.9. The summed E-state index contributed by atoms with van der Waals surface area (Å²) in [5, 5.41) is 5.97. The fraction of sp³-hybridized carbons (Fsp3) is 0.421. The first-order valence-corrected chi connectivity index (χ1v) is 8.30. The predicted molar refractivity (Wildman–Crippen MR) is 98.3 cm³/mol.